The first-order valence-electron chi connectivity index (χ1n) is 10.7. The fourth-order valence-corrected chi connectivity index (χ4v) is 5.06. The molecule has 4 rings (SSSR count). The third kappa shape index (κ3) is 4.92. The Morgan fingerprint density at radius 1 is 1.10 bits per heavy atom. The molecule has 5 nitrogen and oxygen atoms in total. The van der Waals surface area contributed by atoms with Crippen molar-refractivity contribution in [3.05, 3.63) is 47.2 Å². The third-order valence-electron chi connectivity index (χ3n) is 5.85. The van der Waals surface area contributed by atoms with Gasteiger partial charge >= 0.3 is 0 Å². The van der Waals surface area contributed by atoms with Crippen LogP contribution in [0.3, 0.4) is 0 Å². The number of nitrogens with zero attached hydrogens (tertiary/aromatic N) is 4. The van der Waals surface area contributed by atoms with E-state index in [1.807, 2.05) is 30.0 Å². The van der Waals surface area contributed by atoms with E-state index in [1.165, 1.54) is 19.3 Å². The molecule has 0 N–H and O–H groups in total. The molecule has 2 saturated heterocycles. The molecule has 1 aromatic heterocycles. The summed E-state index contributed by atoms with van der Waals surface area (Å²) in [6.07, 6.45) is 5.99. The van der Waals surface area contributed by atoms with Crippen LogP contribution in [-0.4, -0.2) is 46.5 Å². The van der Waals surface area contributed by atoms with Crippen molar-refractivity contribution in [1.82, 2.24) is 14.9 Å². The van der Waals surface area contributed by atoms with Crippen LogP contribution in [0.15, 0.2) is 35.5 Å². The van der Waals surface area contributed by atoms with Gasteiger partial charge in [0, 0.05) is 48.8 Å². The minimum Gasteiger partial charge on any atom is -0.354 e. The van der Waals surface area contributed by atoms with Gasteiger partial charge in [0.25, 0.3) is 5.91 Å². The van der Waals surface area contributed by atoms with E-state index in [0.717, 1.165) is 66.0 Å². The molecule has 3 heterocycles. The first-order valence-corrected chi connectivity index (χ1v) is 11.7. The number of rotatable bonds is 5. The third-order valence-corrected chi connectivity index (χ3v) is 6.77. The number of carbonyl (C=O) groups excluding carboxylic acids is 1. The first kappa shape index (κ1) is 20.2. The van der Waals surface area contributed by atoms with E-state index in [4.69, 9.17) is 4.98 Å². The second-order valence-corrected chi connectivity index (χ2v) is 9.12. The molecule has 0 bridgehead atoms. The molecule has 154 valence electrons. The van der Waals surface area contributed by atoms with Crippen molar-refractivity contribution >= 4 is 23.5 Å². The minimum absolute atomic E-state index is 0.155. The zero-order chi connectivity index (χ0) is 20.2. The van der Waals surface area contributed by atoms with Crippen LogP contribution in [0.25, 0.3) is 0 Å². The summed E-state index contributed by atoms with van der Waals surface area (Å²) in [5.74, 6) is 1.97. The van der Waals surface area contributed by atoms with Gasteiger partial charge in [0.15, 0.2) is 5.16 Å². The highest BCUT2D eigenvalue weighted by Crippen LogP contribution is 2.27. The molecule has 0 spiro atoms. The lowest BCUT2D eigenvalue weighted by atomic mass is 10.0. The molecule has 6 heteroatoms. The number of anilines is 1. The smallest absolute Gasteiger partial charge is 0.253 e. The lowest BCUT2D eigenvalue weighted by Crippen LogP contribution is -2.38. The molecule has 0 aliphatic carbocycles. The van der Waals surface area contributed by atoms with Crippen LogP contribution < -0.4 is 4.90 Å². The molecule has 29 heavy (non-hydrogen) atoms. The van der Waals surface area contributed by atoms with Crippen molar-refractivity contribution in [3.63, 3.8) is 0 Å². The minimum atomic E-state index is 0.155. The highest BCUT2D eigenvalue weighted by Gasteiger charge is 2.21. The Kier molecular flexibility index (Phi) is 6.38. The quantitative estimate of drug-likeness (QED) is 0.529. The molecule has 2 aromatic rings. The Labute approximate surface area is 177 Å². The number of thioether (sulfide) groups is 1. The van der Waals surface area contributed by atoms with E-state index in [9.17, 15) is 4.79 Å². The molecule has 0 unspecified atom stereocenters. The fourth-order valence-electron chi connectivity index (χ4n) is 4.22. The summed E-state index contributed by atoms with van der Waals surface area (Å²) >= 11 is 1.65. The average Bonchev–Trinajstić information content (AvgIpc) is 3.27. The van der Waals surface area contributed by atoms with Crippen molar-refractivity contribution < 1.29 is 4.79 Å². The maximum atomic E-state index is 12.7. The second kappa shape index (κ2) is 9.16. The van der Waals surface area contributed by atoms with Crippen LogP contribution in [0, 0.1) is 6.92 Å². The number of aromatic nitrogens is 2. The molecule has 1 amide bonds. The topological polar surface area (TPSA) is 49.3 Å². The number of benzene rings is 1. The summed E-state index contributed by atoms with van der Waals surface area (Å²) in [4.78, 5) is 26.5. The van der Waals surface area contributed by atoms with Gasteiger partial charge in [0.05, 0.1) is 0 Å². The average molecular weight is 411 g/mol. The summed E-state index contributed by atoms with van der Waals surface area (Å²) in [5, 5.41) is 0.814. The van der Waals surface area contributed by atoms with Gasteiger partial charge in [-0.05, 0) is 63.6 Å². The maximum absolute atomic E-state index is 12.7. The van der Waals surface area contributed by atoms with E-state index < -0.39 is 0 Å². The van der Waals surface area contributed by atoms with Crippen LogP contribution in [0.1, 0.15) is 60.6 Å². The first-order chi connectivity index (χ1) is 14.1. The van der Waals surface area contributed by atoms with Crippen molar-refractivity contribution in [3.8, 4) is 0 Å². The van der Waals surface area contributed by atoms with Gasteiger partial charge in [-0.2, -0.15) is 0 Å². The molecule has 1 atom stereocenters. The molecule has 1 aromatic carbocycles. The number of hydrogen-bond acceptors (Lipinski definition) is 5. The van der Waals surface area contributed by atoms with E-state index in [1.54, 1.807) is 11.8 Å². The van der Waals surface area contributed by atoms with Crippen LogP contribution >= 0.6 is 11.8 Å². The van der Waals surface area contributed by atoms with Crippen LogP contribution in [0.5, 0.6) is 0 Å². The van der Waals surface area contributed by atoms with E-state index >= 15 is 0 Å². The molecule has 0 radical (unpaired) electrons. The maximum Gasteiger partial charge on any atom is 0.253 e. The van der Waals surface area contributed by atoms with Crippen molar-refractivity contribution in [1.29, 1.82) is 0 Å². The van der Waals surface area contributed by atoms with E-state index in [0.29, 0.717) is 6.04 Å². The van der Waals surface area contributed by atoms with E-state index in [2.05, 4.69) is 28.9 Å². The number of amides is 1. The molecule has 2 aliphatic rings. The number of piperidine rings is 1. The Morgan fingerprint density at radius 3 is 2.69 bits per heavy atom. The largest absolute Gasteiger partial charge is 0.354 e. The highest BCUT2D eigenvalue weighted by atomic mass is 32.2. The highest BCUT2D eigenvalue weighted by molar-refractivity contribution is 7.98. The predicted molar refractivity (Wildman–Crippen MR) is 119 cm³/mol. The van der Waals surface area contributed by atoms with Gasteiger partial charge in [-0.15, -0.1) is 0 Å². The van der Waals surface area contributed by atoms with E-state index in [-0.39, 0.29) is 5.91 Å². The monoisotopic (exact) mass is 410 g/mol. The standard InChI is InChI=1S/C23H30N4OS/c1-17-14-21(27-13-4-3-8-18(27)2)25-23(24-17)29-16-19-9-7-10-20(15-19)22(28)26-11-5-6-12-26/h7,9-10,14-15,18H,3-6,8,11-13,16H2,1-2H3/t18-/m1/s1. The van der Waals surface area contributed by atoms with Crippen LogP contribution in [0.4, 0.5) is 5.82 Å². The molecular formula is C23H30N4OS. The van der Waals surface area contributed by atoms with Gasteiger partial charge in [0.1, 0.15) is 5.82 Å². The van der Waals surface area contributed by atoms with Crippen LogP contribution in [-0.2, 0) is 5.75 Å². The van der Waals surface area contributed by atoms with Gasteiger partial charge in [0.2, 0.25) is 0 Å². The number of carbonyl (C=O) groups is 1. The van der Waals surface area contributed by atoms with Gasteiger partial charge in [-0.25, -0.2) is 9.97 Å². The number of hydrogen-bond donors (Lipinski definition) is 0. The van der Waals surface area contributed by atoms with Gasteiger partial charge in [-0.1, -0.05) is 23.9 Å². The zero-order valence-electron chi connectivity index (χ0n) is 17.4. The molecular weight excluding hydrogens is 380 g/mol. The van der Waals surface area contributed by atoms with Crippen molar-refractivity contribution in [2.24, 2.45) is 0 Å². The normalized spacial score (nSPS) is 19.6. The predicted octanol–water partition coefficient (Wildman–Crippen LogP) is 4.69. The fraction of sp³-hybridized carbons (Fsp3) is 0.522. The Hall–Kier alpha value is -2.08. The van der Waals surface area contributed by atoms with Crippen molar-refractivity contribution in [2.45, 2.75) is 62.9 Å². The molecule has 0 saturated carbocycles. The van der Waals surface area contributed by atoms with Gasteiger partial charge < -0.3 is 9.80 Å². The lowest BCUT2D eigenvalue weighted by molar-refractivity contribution is 0.0792. The van der Waals surface area contributed by atoms with Crippen molar-refractivity contribution in [2.75, 3.05) is 24.5 Å². The summed E-state index contributed by atoms with van der Waals surface area (Å²) < 4.78 is 0. The Balaban J connectivity index is 1.45. The SMILES string of the molecule is Cc1cc(N2CCCC[C@H]2C)nc(SCc2cccc(C(=O)N3CCCC3)c2)n1. The number of aryl methyl sites for hydroxylation is 1. The summed E-state index contributed by atoms with van der Waals surface area (Å²) in [6.45, 7) is 7.16. The van der Waals surface area contributed by atoms with Crippen LogP contribution in [0.2, 0.25) is 0 Å². The summed E-state index contributed by atoms with van der Waals surface area (Å²) in [5.41, 5.74) is 2.93. The molecule has 2 aliphatic heterocycles. The Morgan fingerprint density at radius 2 is 1.90 bits per heavy atom. The molecule has 2 fully saturated rings. The number of likely N-dealkylation sites (tertiary alicyclic amines) is 1. The zero-order valence-corrected chi connectivity index (χ0v) is 18.2. The van der Waals surface area contributed by atoms with Gasteiger partial charge in [-0.3, -0.25) is 4.79 Å². The summed E-state index contributed by atoms with van der Waals surface area (Å²) in [7, 11) is 0. The summed E-state index contributed by atoms with van der Waals surface area (Å²) in [6, 6.07) is 10.6. The lowest BCUT2D eigenvalue weighted by Gasteiger charge is -2.34. The Bertz CT molecular complexity index is 866. The second-order valence-electron chi connectivity index (χ2n) is 8.18.